The van der Waals surface area contributed by atoms with Crippen molar-refractivity contribution in [3.8, 4) is 0 Å². The molecule has 1 aromatic rings. The van der Waals surface area contributed by atoms with Gasteiger partial charge in [-0.3, -0.25) is 4.79 Å². The molecular weight excluding hydrogens is 325 g/mol. The van der Waals surface area contributed by atoms with E-state index in [4.69, 9.17) is 0 Å². The summed E-state index contributed by atoms with van der Waals surface area (Å²) in [6, 6.07) is 1.66. The highest BCUT2D eigenvalue weighted by Gasteiger charge is 2.35. The molecule has 0 saturated heterocycles. The number of hydrogen-bond acceptors (Lipinski definition) is 1. The average molecular weight is 337 g/mol. The molecule has 0 aliphatic carbocycles. The lowest BCUT2D eigenvalue weighted by molar-refractivity contribution is -0.0957. The van der Waals surface area contributed by atoms with Gasteiger partial charge in [-0.25, -0.2) is 0 Å². The molecule has 1 aliphatic heterocycles. The van der Waals surface area contributed by atoms with Gasteiger partial charge in [0, 0.05) is 36.4 Å². The van der Waals surface area contributed by atoms with E-state index >= 15 is 0 Å². The van der Waals surface area contributed by atoms with Crippen molar-refractivity contribution in [1.82, 2.24) is 9.47 Å². The fourth-order valence-corrected chi connectivity index (χ4v) is 2.53. The Labute approximate surface area is 116 Å². The van der Waals surface area contributed by atoms with E-state index in [-0.39, 0.29) is 25.4 Å². The number of nitrogens with zero attached hydrogens (tertiary/aromatic N) is 2. The van der Waals surface area contributed by atoms with Crippen molar-refractivity contribution < 1.29 is 18.0 Å². The largest absolute Gasteiger partial charge is 0.412 e. The molecule has 2 rings (SSSR count). The first-order chi connectivity index (χ1) is 8.79. The third-order valence-corrected chi connectivity index (χ3v) is 3.48. The second-order valence-electron chi connectivity index (χ2n) is 4.38. The predicted molar refractivity (Wildman–Crippen MR) is 67.8 cm³/mol. The average Bonchev–Trinajstić information content (AvgIpc) is 2.66. The van der Waals surface area contributed by atoms with Gasteiger partial charge in [0.15, 0.2) is 0 Å². The zero-order valence-electron chi connectivity index (χ0n) is 10.2. The van der Waals surface area contributed by atoms with Gasteiger partial charge in [0.25, 0.3) is 5.91 Å². The first-order valence-electron chi connectivity index (χ1n) is 5.66. The van der Waals surface area contributed by atoms with Gasteiger partial charge in [-0.2, -0.15) is 13.2 Å². The van der Waals surface area contributed by atoms with E-state index in [0.29, 0.717) is 5.69 Å². The number of hydrogen-bond donors (Lipinski definition) is 0. The normalized spacial score (nSPS) is 16.5. The van der Waals surface area contributed by atoms with E-state index in [1.54, 1.807) is 23.9 Å². The Balaban J connectivity index is 2.12. The van der Waals surface area contributed by atoms with Crippen molar-refractivity contribution in [1.29, 1.82) is 0 Å². The molecule has 0 fully saturated rings. The number of halogens is 4. The molecule has 104 valence electrons. The second-order valence-corrected chi connectivity index (χ2v) is 5.30. The SMILES string of the molecule is Cn1cc(Br)cc1C(=O)N1CC=C(C(F)(F)F)CC1. The summed E-state index contributed by atoms with van der Waals surface area (Å²) in [5.74, 6) is -0.259. The molecule has 19 heavy (non-hydrogen) atoms. The third kappa shape index (κ3) is 3.02. The highest BCUT2D eigenvalue weighted by atomic mass is 79.9. The van der Waals surface area contributed by atoms with E-state index in [1.807, 2.05) is 0 Å². The molecule has 0 spiro atoms. The van der Waals surface area contributed by atoms with Crippen LogP contribution >= 0.6 is 15.9 Å². The van der Waals surface area contributed by atoms with Gasteiger partial charge in [0.1, 0.15) is 5.69 Å². The van der Waals surface area contributed by atoms with Gasteiger partial charge in [-0.05, 0) is 28.4 Å². The molecule has 0 bridgehead atoms. The van der Waals surface area contributed by atoms with Gasteiger partial charge in [-0.1, -0.05) is 6.08 Å². The Hall–Kier alpha value is -1.24. The number of carbonyl (C=O) groups excluding carboxylic acids is 1. The fourth-order valence-electron chi connectivity index (χ4n) is 2.01. The third-order valence-electron chi connectivity index (χ3n) is 3.05. The van der Waals surface area contributed by atoms with Crippen molar-refractivity contribution in [2.75, 3.05) is 13.1 Å². The van der Waals surface area contributed by atoms with Crippen LogP contribution in [0.1, 0.15) is 16.9 Å². The molecule has 7 heteroatoms. The molecule has 0 aromatic carbocycles. The topological polar surface area (TPSA) is 25.2 Å². The standard InChI is InChI=1S/C12H12BrF3N2O/c1-17-7-9(13)6-10(17)11(19)18-4-2-8(3-5-18)12(14,15)16/h2,6-7H,3-5H2,1H3. The summed E-state index contributed by atoms with van der Waals surface area (Å²) in [7, 11) is 1.72. The van der Waals surface area contributed by atoms with E-state index < -0.39 is 11.7 Å². The summed E-state index contributed by atoms with van der Waals surface area (Å²) in [4.78, 5) is 13.6. The lowest BCUT2D eigenvalue weighted by atomic mass is 10.1. The summed E-state index contributed by atoms with van der Waals surface area (Å²) < 4.78 is 39.8. The Morgan fingerprint density at radius 1 is 1.42 bits per heavy atom. The smallest absolute Gasteiger partial charge is 0.345 e. The minimum absolute atomic E-state index is 0.00350. The maximum absolute atomic E-state index is 12.5. The maximum Gasteiger partial charge on any atom is 0.412 e. The number of aromatic nitrogens is 1. The van der Waals surface area contributed by atoms with Crippen LogP contribution in [0.15, 0.2) is 28.4 Å². The molecule has 0 unspecified atom stereocenters. The maximum atomic E-state index is 12.5. The molecule has 0 N–H and O–H groups in total. The zero-order chi connectivity index (χ0) is 14.2. The molecule has 1 amide bonds. The zero-order valence-corrected chi connectivity index (χ0v) is 11.8. The lowest BCUT2D eigenvalue weighted by Gasteiger charge is -2.27. The van der Waals surface area contributed by atoms with E-state index in [0.717, 1.165) is 10.5 Å². The molecule has 3 nitrogen and oxygen atoms in total. The van der Waals surface area contributed by atoms with E-state index in [2.05, 4.69) is 15.9 Å². The number of rotatable bonds is 1. The molecule has 1 aliphatic rings. The lowest BCUT2D eigenvalue weighted by Crippen LogP contribution is -2.37. The minimum Gasteiger partial charge on any atom is -0.345 e. The number of carbonyl (C=O) groups is 1. The summed E-state index contributed by atoms with van der Waals surface area (Å²) in [6.45, 7) is 0.0868. The van der Waals surface area contributed by atoms with Crippen LogP contribution in [0.4, 0.5) is 13.2 Å². The van der Waals surface area contributed by atoms with Crippen molar-refractivity contribution in [3.05, 3.63) is 34.1 Å². The van der Waals surface area contributed by atoms with Crippen LogP contribution < -0.4 is 0 Å². The number of alkyl halides is 3. The highest BCUT2D eigenvalue weighted by molar-refractivity contribution is 9.10. The Morgan fingerprint density at radius 2 is 2.11 bits per heavy atom. The van der Waals surface area contributed by atoms with Crippen molar-refractivity contribution >= 4 is 21.8 Å². The van der Waals surface area contributed by atoms with Crippen molar-refractivity contribution in [2.45, 2.75) is 12.6 Å². The Bertz CT molecular complexity index is 534. The van der Waals surface area contributed by atoms with Crippen LogP contribution in [-0.4, -0.2) is 34.6 Å². The van der Waals surface area contributed by atoms with E-state index in [1.165, 1.54) is 4.90 Å². The molecule has 2 heterocycles. The molecule has 0 radical (unpaired) electrons. The van der Waals surface area contributed by atoms with Crippen LogP contribution in [0.5, 0.6) is 0 Å². The monoisotopic (exact) mass is 336 g/mol. The van der Waals surface area contributed by atoms with Gasteiger partial charge >= 0.3 is 6.18 Å². The Kier molecular flexibility index (Phi) is 3.75. The van der Waals surface area contributed by atoms with Gasteiger partial charge in [0.05, 0.1) is 0 Å². The van der Waals surface area contributed by atoms with Gasteiger partial charge in [-0.15, -0.1) is 0 Å². The summed E-state index contributed by atoms with van der Waals surface area (Å²) >= 11 is 3.26. The molecule has 0 saturated carbocycles. The quantitative estimate of drug-likeness (QED) is 0.723. The number of amides is 1. The first kappa shape index (κ1) is 14.2. The van der Waals surface area contributed by atoms with Crippen LogP contribution in [-0.2, 0) is 7.05 Å². The first-order valence-corrected chi connectivity index (χ1v) is 6.45. The van der Waals surface area contributed by atoms with Gasteiger partial charge < -0.3 is 9.47 Å². The Morgan fingerprint density at radius 3 is 2.53 bits per heavy atom. The number of aryl methyl sites for hydroxylation is 1. The van der Waals surface area contributed by atoms with Crippen LogP contribution in [0.25, 0.3) is 0 Å². The summed E-state index contributed by atoms with van der Waals surface area (Å²) in [5.41, 5.74) is -0.0969. The molecule has 1 aromatic heterocycles. The highest BCUT2D eigenvalue weighted by Crippen LogP contribution is 2.30. The molecular formula is C12H12BrF3N2O. The summed E-state index contributed by atoms with van der Waals surface area (Å²) in [6.07, 6.45) is -1.63. The molecule has 0 atom stereocenters. The summed E-state index contributed by atoms with van der Waals surface area (Å²) in [5, 5.41) is 0. The van der Waals surface area contributed by atoms with E-state index in [9.17, 15) is 18.0 Å². The van der Waals surface area contributed by atoms with Crippen molar-refractivity contribution in [2.24, 2.45) is 7.05 Å². The predicted octanol–water partition coefficient (Wildman–Crippen LogP) is 3.12. The fraction of sp³-hybridized carbons (Fsp3) is 0.417. The van der Waals surface area contributed by atoms with Crippen molar-refractivity contribution in [3.63, 3.8) is 0 Å². The van der Waals surface area contributed by atoms with Crippen LogP contribution in [0.3, 0.4) is 0 Å². The van der Waals surface area contributed by atoms with Crippen LogP contribution in [0, 0.1) is 0 Å². The van der Waals surface area contributed by atoms with Crippen LogP contribution in [0.2, 0.25) is 0 Å². The minimum atomic E-state index is -4.29. The van der Waals surface area contributed by atoms with Gasteiger partial charge in [0.2, 0.25) is 0 Å². The second kappa shape index (κ2) is 5.03.